The van der Waals surface area contributed by atoms with E-state index in [0.29, 0.717) is 10.9 Å². The first-order valence-electron chi connectivity index (χ1n) is 6.69. The number of benzene rings is 2. The van der Waals surface area contributed by atoms with Crippen molar-refractivity contribution < 1.29 is 13.9 Å². The fraction of sp³-hybridized carbons (Fsp3) is 0.294. The molecule has 0 spiro atoms. The van der Waals surface area contributed by atoms with Crippen LogP contribution in [0.1, 0.15) is 25.0 Å². The van der Waals surface area contributed by atoms with Gasteiger partial charge >= 0.3 is 0 Å². The van der Waals surface area contributed by atoms with Crippen LogP contribution >= 0.6 is 15.9 Å². The topological polar surface area (TPSA) is 20.2 Å². The molecule has 0 fully saturated rings. The van der Waals surface area contributed by atoms with E-state index < -0.39 is 11.5 Å². The van der Waals surface area contributed by atoms with E-state index in [2.05, 4.69) is 15.9 Å². The molecule has 0 saturated heterocycles. The van der Waals surface area contributed by atoms with Gasteiger partial charge < -0.3 is 5.11 Å². The SMILES string of the molecule is CC(C)(c1ccc(F)cc1)C(O)Cc1ccc(F)cc1Br. The molecule has 0 heterocycles. The van der Waals surface area contributed by atoms with Gasteiger partial charge in [-0.2, -0.15) is 0 Å². The van der Waals surface area contributed by atoms with Crippen LogP contribution in [0.5, 0.6) is 0 Å². The Balaban J connectivity index is 2.21. The second-order valence-corrected chi connectivity index (χ2v) is 6.54. The van der Waals surface area contributed by atoms with Gasteiger partial charge in [0, 0.05) is 16.3 Å². The Hall–Kier alpha value is -1.26. The van der Waals surface area contributed by atoms with Gasteiger partial charge in [0.2, 0.25) is 0 Å². The molecule has 0 amide bonds. The third-order valence-electron chi connectivity index (χ3n) is 3.85. The normalized spacial score (nSPS) is 13.2. The van der Waals surface area contributed by atoms with Gasteiger partial charge in [-0.05, 0) is 35.4 Å². The standard InChI is InChI=1S/C17H17BrF2O/c1-17(2,12-4-7-13(19)8-5-12)16(21)9-11-3-6-14(20)10-15(11)18/h3-8,10,16,21H,9H2,1-2H3. The van der Waals surface area contributed by atoms with Crippen molar-refractivity contribution in [3.8, 4) is 0 Å². The van der Waals surface area contributed by atoms with Crippen LogP contribution in [0.3, 0.4) is 0 Å². The third kappa shape index (κ3) is 3.69. The van der Waals surface area contributed by atoms with E-state index >= 15 is 0 Å². The van der Waals surface area contributed by atoms with Crippen molar-refractivity contribution in [2.45, 2.75) is 31.8 Å². The Morgan fingerprint density at radius 2 is 1.62 bits per heavy atom. The van der Waals surface area contributed by atoms with Crippen molar-refractivity contribution in [1.29, 1.82) is 0 Å². The molecule has 1 N–H and O–H groups in total. The van der Waals surface area contributed by atoms with Crippen molar-refractivity contribution in [3.63, 3.8) is 0 Å². The number of halogens is 3. The molecule has 2 rings (SSSR count). The summed E-state index contributed by atoms with van der Waals surface area (Å²) in [4.78, 5) is 0. The molecule has 0 saturated carbocycles. The second-order valence-electron chi connectivity index (χ2n) is 5.68. The maximum absolute atomic E-state index is 13.1. The zero-order valence-electron chi connectivity index (χ0n) is 11.9. The number of aliphatic hydroxyl groups is 1. The van der Waals surface area contributed by atoms with Crippen LogP contribution in [0.4, 0.5) is 8.78 Å². The quantitative estimate of drug-likeness (QED) is 0.849. The van der Waals surface area contributed by atoms with Crippen LogP contribution in [0.15, 0.2) is 46.9 Å². The minimum absolute atomic E-state index is 0.301. The minimum Gasteiger partial charge on any atom is -0.392 e. The van der Waals surface area contributed by atoms with E-state index in [1.807, 2.05) is 13.8 Å². The van der Waals surface area contributed by atoms with Crippen LogP contribution in [0.2, 0.25) is 0 Å². The number of rotatable bonds is 4. The average molecular weight is 355 g/mol. The van der Waals surface area contributed by atoms with E-state index in [1.165, 1.54) is 24.3 Å². The smallest absolute Gasteiger partial charge is 0.124 e. The van der Waals surface area contributed by atoms with Gasteiger partial charge in [0.1, 0.15) is 11.6 Å². The van der Waals surface area contributed by atoms with Gasteiger partial charge in [0.05, 0.1) is 6.10 Å². The zero-order chi connectivity index (χ0) is 15.6. The molecule has 0 aliphatic carbocycles. The fourth-order valence-corrected chi connectivity index (χ4v) is 2.74. The van der Waals surface area contributed by atoms with Crippen LogP contribution < -0.4 is 0 Å². The van der Waals surface area contributed by atoms with E-state index in [9.17, 15) is 13.9 Å². The lowest BCUT2D eigenvalue weighted by Crippen LogP contribution is -2.35. The average Bonchev–Trinajstić information content (AvgIpc) is 2.42. The monoisotopic (exact) mass is 354 g/mol. The molecule has 2 aromatic carbocycles. The first-order valence-corrected chi connectivity index (χ1v) is 7.48. The van der Waals surface area contributed by atoms with E-state index in [-0.39, 0.29) is 11.6 Å². The highest BCUT2D eigenvalue weighted by atomic mass is 79.9. The summed E-state index contributed by atoms with van der Waals surface area (Å²) in [5.74, 6) is -0.622. The van der Waals surface area contributed by atoms with E-state index in [0.717, 1.165) is 11.1 Å². The lowest BCUT2D eigenvalue weighted by Gasteiger charge is -2.31. The van der Waals surface area contributed by atoms with Gasteiger partial charge in [-0.25, -0.2) is 8.78 Å². The highest BCUT2D eigenvalue weighted by Gasteiger charge is 2.30. The summed E-state index contributed by atoms with van der Waals surface area (Å²) in [5, 5.41) is 10.5. The van der Waals surface area contributed by atoms with Gasteiger partial charge in [-0.15, -0.1) is 0 Å². The predicted molar refractivity (Wildman–Crippen MR) is 83.2 cm³/mol. The molecule has 1 unspecified atom stereocenters. The van der Waals surface area contributed by atoms with Crippen LogP contribution in [-0.2, 0) is 11.8 Å². The lowest BCUT2D eigenvalue weighted by atomic mass is 9.77. The van der Waals surface area contributed by atoms with Crippen molar-refractivity contribution >= 4 is 15.9 Å². The summed E-state index contributed by atoms with van der Waals surface area (Å²) in [6, 6.07) is 10.5. The van der Waals surface area contributed by atoms with Crippen molar-refractivity contribution in [1.82, 2.24) is 0 Å². The minimum atomic E-state index is -0.676. The Labute approximate surface area is 131 Å². The van der Waals surface area contributed by atoms with Gasteiger partial charge in [-0.3, -0.25) is 0 Å². The molecule has 0 bridgehead atoms. The maximum atomic E-state index is 13.1. The third-order valence-corrected chi connectivity index (χ3v) is 4.59. The number of hydrogen-bond acceptors (Lipinski definition) is 1. The molecule has 1 nitrogen and oxygen atoms in total. The maximum Gasteiger partial charge on any atom is 0.124 e. The van der Waals surface area contributed by atoms with Crippen molar-refractivity contribution in [2.75, 3.05) is 0 Å². The second kappa shape index (κ2) is 6.24. The predicted octanol–water partition coefficient (Wildman–Crippen LogP) is 4.61. The van der Waals surface area contributed by atoms with Crippen LogP contribution in [0, 0.1) is 11.6 Å². The molecule has 0 aliphatic rings. The summed E-state index contributed by atoms with van der Waals surface area (Å²) >= 11 is 3.31. The van der Waals surface area contributed by atoms with Crippen LogP contribution in [0.25, 0.3) is 0 Å². The van der Waals surface area contributed by atoms with E-state index in [1.54, 1.807) is 18.2 Å². The molecule has 21 heavy (non-hydrogen) atoms. The molecule has 0 aliphatic heterocycles. The van der Waals surface area contributed by atoms with E-state index in [4.69, 9.17) is 0 Å². The van der Waals surface area contributed by atoms with Gasteiger partial charge in [-0.1, -0.05) is 48.0 Å². The number of aliphatic hydroxyl groups excluding tert-OH is 1. The van der Waals surface area contributed by atoms with Gasteiger partial charge in [0.25, 0.3) is 0 Å². The van der Waals surface area contributed by atoms with Crippen LogP contribution in [-0.4, -0.2) is 11.2 Å². The molecule has 2 aromatic rings. The first-order chi connectivity index (χ1) is 9.80. The molecule has 0 aromatic heterocycles. The first kappa shape index (κ1) is 16.1. The Morgan fingerprint density at radius 3 is 2.19 bits per heavy atom. The number of hydrogen-bond donors (Lipinski definition) is 1. The summed E-state index contributed by atoms with van der Waals surface area (Å²) in [6.45, 7) is 3.81. The Kier molecular flexibility index (Phi) is 4.79. The lowest BCUT2D eigenvalue weighted by molar-refractivity contribution is 0.0998. The van der Waals surface area contributed by atoms with Crippen molar-refractivity contribution in [2.24, 2.45) is 0 Å². The Morgan fingerprint density at radius 1 is 1.05 bits per heavy atom. The summed E-state index contributed by atoms with van der Waals surface area (Å²) < 4.78 is 26.7. The molecule has 112 valence electrons. The van der Waals surface area contributed by atoms with Gasteiger partial charge in [0.15, 0.2) is 0 Å². The largest absolute Gasteiger partial charge is 0.392 e. The molecular weight excluding hydrogens is 338 g/mol. The summed E-state index contributed by atoms with van der Waals surface area (Å²) in [7, 11) is 0. The Bertz CT molecular complexity index is 623. The highest BCUT2D eigenvalue weighted by Crippen LogP contribution is 2.31. The molecule has 0 radical (unpaired) electrons. The molecule has 1 atom stereocenters. The highest BCUT2D eigenvalue weighted by molar-refractivity contribution is 9.10. The summed E-state index contributed by atoms with van der Waals surface area (Å²) in [5.41, 5.74) is 1.15. The van der Waals surface area contributed by atoms with Crippen molar-refractivity contribution in [3.05, 3.63) is 69.7 Å². The molecular formula is C17H17BrF2O. The zero-order valence-corrected chi connectivity index (χ0v) is 13.5. The summed E-state index contributed by atoms with van der Waals surface area (Å²) in [6.07, 6.45) is -0.296. The molecule has 4 heteroatoms. The fourth-order valence-electron chi connectivity index (χ4n) is 2.22.